The lowest BCUT2D eigenvalue weighted by molar-refractivity contribution is 0.0105. The Labute approximate surface area is 107 Å². The van der Waals surface area contributed by atoms with Gasteiger partial charge in [0.1, 0.15) is 0 Å². The highest BCUT2D eigenvalue weighted by molar-refractivity contribution is 7.12. The third-order valence-corrected chi connectivity index (χ3v) is 4.10. The molecule has 17 heavy (non-hydrogen) atoms. The summed E-state index contributed by atoms with van der Waals surface area (Å²) in [6.07, 6.45) is 2.65. The number of thiophene rings is 1. The lowest BCUT2D eigenvalue weighted by Gasteiger charge is -2.09. The maximum Gasteiger partial charge on any atom is 0.0809 e. The number of nitrogens with one attached hydrogen (secondary N) is 1. The van der Waals surface area contributed by atoms with Gasteiger partial charge in [0.2, 0.25) is 0 Å². The number of hydrogen-bond acceptors (Lipinski definition) is 4. The minimum Gasteiger partial charge on any atom is -0.376 e. The van der Waals surface area contributed by atoms with Crippen LogP contribution in [0.25, 0.3) is 0 Å². The third kappa shape index (κ3) is 3.78. The zero-order chi connectivity index (χ0) is 12.1. The third-order valence-electron chi connectivity index (χ3n) is 3.01. The highest BCUT2D eigenvalue weighted by Gasteiger charge is 2.15. The molecular weight excluding hydrogens is 234 g/mol. The molecule has 0 bridgehead atoms. The van der Waals surface area contributed by atoms with E-state index in [2.05, 4.69) is 18.3 Å². The van der Waals surface area contributed by atoms with Crippen molar-refractivity contribution in [3.05, 3.63) is 21.4 Å². The van der Waals surface area contributed by atoms with E-state index in [-0.39, 0.29) is 0 Å². The van der Waals surface area contributed by atoms with Crippen molar-refractivity contribution in [3.63, 3.8) is 0 Å². The first-order chi connectivity index (χ1) is 8.29. The van der Waals surface area contributed by atoms with Crippen molar-refractivity contribution in [1.82, 2.24) is 5.32 Å². The van der Waals surface area contributed by atoms with Crippen LogP contribution in [0.15, 0.2) is 6.07 Å². The molecule has 1 atom stereocenters. The van der Waals surface area contributed by atoms with Gasteiger partial charge in [-0.2, -0.15) is 0 Å². The van der Waals surface area contributed by atoms with Crippen molar-refractivity contribution in [2.24, 2.45) is 0 Å². The molecule has 1 aliphatic rings. The molecule has 3 nitrogen and oxygen atoms in total. The smallest absolute Gasteiger partial charge is 0.0809 e. The first-order valence-electron chi connectivity index (χ1n) is 6.21. The van der Waals surface area contributed by atoms with E-state index in [1.54, 1.807) is 0 Å². The fourth-order valence-corrected chi connectivity index (χ4v) is 3.13. The van der Waals surface area contributed by atoms with E-state index in [0.29, 0.717) is 12.7 Å². The van der Waals surface area contributed by atoms with Gasteiger partial charge in [-0.15, -0.1) is 11.3 Å². The fraction of sp³-hybridized carbons (Fsp3) is 0.692. The summed E-state index contributed by atoms with van der Waals surface area (Å²) in [5.74, 6) is 0. The molecule has 1 aromatic rings. The van der Waals surface area contributed by atoms with E-state index in [1.807, 2.05) is 18.4 Å². The Bertz CT molecular complexity index is 345. The topological polar surface area (TPSA) is 30.5 Å². The number of aryl methyl sites for hydroxylation is 1. The monoisotopic (exact) mass is 255 g/mol. The van der Waals surface area contributed by atoms with Gasteiger partial charge in [0.05, 0.1) is 19.3 Å². The van der Waals surface area contributed by atoms with Crippen LogP contribution in [-0.2, 0) is 22.6 Å². The Balaban J connectivity index is 1.77. The van der Waals surface area contributed by atoms with Crippen LogP contribution in [0.3, 0.4) is 0 Å². The fourth-order valence-electron chi connectivity index (χ4n) is 2.07. The van der Waals surface area contributed by atoms with Crippen molar-refractivity contribution >= 4 is 11.3 Å². The molecule has 0 spiro atoms. The van der Waals surface area contributed by atoms with Gasteiger partial charge in [0.15, 0.2) is 0 Å². The predicted molar refractivity (Wildman–Crippen MR) is 70.4 cm³/mol. The minimum atomic E-state index is 0.325. The molecule has 0 amide bonds. The van der Waals surface area contributed by atoms with Gasteiger partial charge in [-0.05, 0) is 38.4 Å². The average Bonchev–Trinajstić information content (AvgIpc) is 2.90. The second kappa shape index (κ2) is 6.50. The SMILES string of the molecule is CNCc1cc(COCC2CCCO2)c(C)s1. The minimum absolute atomic E-state index is 0.325. The molecule has 1 aromatic heterocycles. The molecule has 0 aliphatic carbocycles. The molecule has 2 heterocycles. The Kier molecular flexibility index (Phi) is 4.98. The van der Waals surface area contributed by atoms with Gasteiger partial charge in [0, 0.05) is 22.9 Å². The highest BCUT2D eigenvalue weighted by atomic mass is 32.1. The molecule has 1 N–H and O–H groups in total. The van der Waals surface area contributed by atoms with Gasteiger partial charge < -0.3 is 14.8 Å². The summed E-state index contributed by atoms with van der Waals surface area (Å²) in [5, 5.41) is 3.17. The van der Waals surface area contributed by atoms with Crippen LogP contribution in [0.2, 0.25) is 0 Å². The first-order valence-corrected chi connectivity index (χ1v) is 7.03. The molecular formula is C13H21NO2S. The lowest BCUT2D eigenvalue weighted by Crippen LogP contribution is -2.13. The largest absolute Gasteiger partial charge is 0.376 e. The van der Waals surface area contributed by atoms with Crippen LogP contribution in [-0.4, -0.2) is 26.4 Å². The van der Waals surface area contributed by atoms with Crippen LogP contribution in [0, 0.1) is 6.92 Å². The van der Waals surface area contributed by atoms with Crippen molar-refractivity contribution in [2.45, 2.75) is 39.0 Å². The zero-order valence-corrected chi connectivity index (χ0v) is 11.4. The Morgan fingerprint density at radius 2 is 2.47 bits per heavy atom. The molecule has 0 aromatic carbocycles. The summed E-state index contributed by atoms with van der Waals surface area (Å²) in [7, 11) is 1.97. The van der Waals surface area contributed by atoms with E-state index >= 15 is 0 Å². The van der Waals surface area contributed by atoms with Gasteiger partial charge in [0.25, 0.3) is 0 Å². The number of rotatable bonds is 6. The summed E-state index contributed by atoms with van der Waals surface area (Å²) < 4.78 is 11.3. The summed E-state index contributed by atoms with van der Waals surface area (Å²) in [6.45, 7) is 5.45. The predicted octanol–water partition coefficient (Wildman–Crippen LogP) is 2.47. The average molecular weight is 255 g/mol. The standard InChI is InChI=1S/C13H21NO2S/c1-10-11(6-13(17-10)7-14-2)8-15-9-12-4-3-5-16-12/h6,12,14H,3-5,7-9H2,1-2H3. The summed E-state index contributed by atoms with van der Waals surface area (Å²) in [4.78, 5) is 2.74. The first kappa shape index (κ1) is 13.0. The van der Waals surface area contributed by atoms with Crippen molar-refractivity contribution < 1.29 is 9.47 Å². The van der Waals surface area contributed by atoms with Crippen LogP contribution >= 0.6 is 11.3 Å². The normalized spacial score (nSPS) is 20.0. The van der Waals surface area contributed by atoms with Crippen LogP contribution in [0.4, 0.5) is 0 Å². The van der Waals surface area contributed by atoms with Gasteiger partial charge >= 0.3 is 0 Å². The maximum absolute atomic E-state index is 5.74. The molecule has 1 unspecified atom stereocenters. The van der Waals surface area contributed by atoms with Crippen molar-refractivity contribution in [2.75, 3.05) is 20.3 Å². The van der Waals surface area contributed by atoms with Gasteiger partial charge in [-0.1, -0.05) is 0 Å². The van der Waals surface area contributed by atoms with Gasteiger partial charge in [-0.3, -0.25) is 0 Å². The van der Waals surface area contributed by atoms with Crippen LogP contribution in [0.5, 0.6) is 0 Å². The maximum atomic E-state index is 5.74. The Morgan fingerprint density at radius 3 is 3.18 bits per heavy atom. The van der Waals surface area contributed by atoms with E-state index in [4.69, 9.17) is 9.47 Å². The highest BCUT2D eigenvalue weighted by Crippen LogP contribution is 2.22. The van der Waals surface area contributed by atoms with Crippen molar-refractivity contribution in [3.8, 4) is 0 Å². The summed E-state index contributed by atoms with van der Waals surface area (Å²) in [6, 6.07) is 2.24. The Morgan fingerprint density at radius 1 is 1.59 bits per heavy atom. The molecule has 0 radical (unpaired) electrons. The lowest BCUT2D eigenvalue weighted by atomic mass is 10.2. The molecule has 2 rings (SSSR count). The molecule has 1 aliphatic heterocycles. The molecule has 1 saturated heterocycles. The van der Waals surface area contributed by atoms with E-state index in [9.17, 15) is 0 Å². The number of hydrogen-bond donors (Lipinski definition) is 1. The quantitative estimate of drug-likeness (QED) is 0.847. The van der Waals surface area contributed by atoms with E-state index in [0.717, 1.165) is 26.2 Å². The summed E-state index contributed by atoms with van der Waals surface area (Å²) >= 11 is 1.85. The van der Waals surface area contributed by atoms with E-state index < -0.39 is 0 Å². The van der Waals surface area contributed by atoms with Crippen LogP contribution in [0.1, 0.15) is 28.2 Å². The van der Waals surface area contributed by atoms with E-state index in [1.165, 1.54) is 21.7 Å². The molecule has 4 heteroatoms. The second-order valence-electron chi connectivity index (χ2n) is 4.47. The van der Waals surface area contributed by atoms with Crippen molar-refractivity contribution in [1.29, 1.82) is 0 Å². The summed E-state index contributed by atoms with van der Waals surface area (Å²) in [5.41, 5.74) is 1.32. The zero-order valence-electron chi connectivity index (χ0n) is 10.6. The molecule has 96 valence electrons. The number of ether oxygens (including phenoxy) is 2. The Hall–Kier alpha value is -0.420. The van der Waals surface area contributed by atoms with Gasteiger partial charge in [-0.25, -0.2) is 0 Å². The molecule has 0 saturated carbocycles. The van der Waals surface area contributed by atoms with Crippen LogP contribution < -0.4 is 5.32 Å². The second-order valence-corrected chi connectivity index (χ2v) is 5.82. The molecule has 1 fully saturated rings.